The standard InChI is InChI=1S/C26H23N3O3/c30-22-15-14-21(17-23(22)31)28-25(32)29-26(20-11-5-2-6-12-20,24-13-7-8-16-27-24)18-19-9-3-1-4-10-19/h1-17,30-31H,18H2,(H2,28,29,32). The molecule has 1 aromatic heterocycles. The number of carbonyl (C=O) groups excluding carboxylic acids is 1. The number of amides is 2. The van der Waals surface area contributed by atoms with Crippen LogP contribution in [0.3, 0.4) is 0 Å². The molecule has 4 N–H and O–H groups in total. The van der Waals surface area contributed by atoms with Crippen LogP contribution < -0.4 is 10.6 Å². The van der Waals surface area contributed by atoms with Crippen LogP contribution in [-0.2, 0) is 12.0 Å². The third-order valence-electron chi connectivity index (χ3n) is 5.24. The van der Waals surface area contributed by atoms with Crippen LogP contribution in [0.1, 0.15) is 16.8 Å². The highest BCUT2D eigenvalue weighted by atomic mass is 16.3. The highest BCUT2D eigenvalue weighted by Crippen LogP contribution is 2.33. The molecule has 160 valence electrons. The van der Waals surface area contributed by atoms with E-state index in [1.807, 2.05) is 78.9 Å². The van der Waals surface area contributed by atoms with Gasteiger partial charge in [-0.2, -0.15) is 0 Å². The van der Waals surface area contributed by atoms with Gasteiger partial charge in [-0.05, 0) is 35.4 Å². The summed E-state index contributed by atoms with van der Waals surface area (Å²) in [6.45, 7) is 0. The Balaban J connectivity index is 1.76. The van der Waals surface area contributed by atoms with Gasteiger partial charge < -0.3 is 20.8 Å². The summed E-state index contributed by atoms with van der Waals surface area (Å²) in [4.78, 5) is 17.8. The number of phenols is 2. The summed E-state index contributed by atoms with van der Waals surface area (Å²) in [5.74, 6) is -0.571. The molecule has 0 saturated heterocycles. The first kappa shape index (κ1) is 20.9. The zero-order valence-electron chi connectivity index (χ0n) is 17.3. The van der Waals surface area contributed by atoms with Crippen LogP contribution in [0, 0.1) is 0 Å². The highest BCUT2D eigenvalue weighted by molar-refractivity contribution is 5.90. The summed E-state index contributed by atoms with van der Waals surface area (Å²) < 4.78 is 0. The number of urea groups is 1. The first-order chi connectivity index (χ1) is 15.6. The predicted molar refractivity (Wildman–Crippen MR) is 124 cm³/mol. The number of hydrogen-bond donors (Lipinski definition) is 4. The molecule has 4 aromatic rings. The maximum atomic E-state index is 13.2. The number of aromatic hydroxyl groups is 2. The Bertz CT molecular complexity index is 1140. The minimum Gasteiger partial charge on any atom is -0.504 e. The fourth-order valence-corrected chi connectivity index (χ4v) is 3.72. The first-order valence-corrected chi connectivity index (χ1v) is 10.2. The number of rotatable bonds is 6. The lowest BCUT2D eigenvalue weighted by Crippen LogP contribution is -2.50. The van der Waals surface area contributed by atoms with Crippen molar-refractivity contribution in [3.05, 3.63) is 120 Å². The van der Waals surface area contributed by atoms with Crippen LogP contribution in [0.2, 0.25) is 0 Å². The molecular weight excluding hydrogens is 402 g/mol. The van der Waals surface area contributed by atoms with E-state index in [-0.39, 0.29) is 11.5 Å². The van der Waals surface area contributed by atoms with E-state index >= 15 is 0 Å². The van der Waals surface area contributed by atoms with Gasteiger partial charge in [-0.3, -0.25) is 4.98 Å². The molecule has 6 heteroatoms. The Kier molecular flexibility index (Phi) is 6.03. The second kappa shape index (κ2) is 9.22. The van der Waals surface area contributed by atoms with E-state index in [0.29, 0.717) is 17.8 Å². The van der Waals surface area contributed by atoms with Crippen molar-refractivity contribution < 1.29 is 15.0 Å². The van der Waals surface area contributed by atoms with E-state index in [0.717, 1.165) is 11.1 Å². The van der Waals surface area contributed by atoms with E-state index in [4.69, 9.17) is 0 Å². The first-order valence-electron chi connectivity index (χ1n) is 10.2. The molecule has 32 heavy (non-hydrogen) atoms. The van der Waals surface area contributed by atoms with Gasteiger partial charge in [-0.15, -0.1) is 0 Å². The van der Waals surface area contributed by atoms with E-state index in [2.05, 4.69) is 15.6 Å². The van der Waals surface area contributed by atoms with Crippen molar-refractivity contribution in [2.24, 2.45) is 0 Å². The predicted octanol–water partition coefficient (Wildman–Crippen LogP) is 4.80. The summed E-state index contributed by atoms with van der Waals surface area (Å²) in [5, 5.41) is 25.2. The van der Waals surface area contributed by atoms with Gasteiger partial charge in [0.25, 0.3) is 0 Å². The lowest BCUT2D eigenvalue weighted by atomic mass is 9.80. The van der Waals surface area contributed by atoms with Gasteiger partial charge in [0.1, 0.15) is 5.54 Å². The molecule has 3 aromatic carbocycles. The second-order valence-electron chi connectivity index (χ2n) is 7.43. The van der Waals surface area contributed by atoms with Gasteiger partial charge in [-0.25, -0.2) is 4.79 Å². The SMILES string of the molecule is O=C(Nc1ccc(O)c(O)c1)NC(Cc1ccccc1)(c1ccccc1)c1ccccn1. The molecule has 0 spiro atoms. The molecule has 1 unspecified atom stereocenters. The third-order valence-corrected chi connectivity index (χ3v) is 5.24. The Labute approximate surface area is 186 Å². The van der Waals surface area contributed by atoms with Crippen molar-refractivity contribution in [3.8, 4) is 11.5 Å². The van der Waals surface area contributed by atoms with E-state index in [1.165, 1.54) is 18.2 Å². The summed E-state index contributed by atoms with van der Waals surface area (Å²) in [7, 11) is 0. The number of anilines is 1. The Morgan fingerprint density at radius 2 is 1.50 bits per heavy atom. The normalized spacial score (nSPS) is 12.5. The number of nitrogens with one attached hydrogen (secondary N) is 2. The number of aromatic nitrogens is 1. The van der Waals surface area contributed by atoms with Crippen LogP contribution in [-0.4, -0.2) is 21.2 Å². The fourth-order valence-electron chi connectivity index (χ4n) is 3.72. The summed E-state index contributed by atoms with van der Waals surface area (Å²) in [6, 6.07) is 28.9. The van der Waals surface area contributed by atoms with Crippen LogP contribution >= 0.6 is 0 Å². The molecule has 4 rings (SSSR count). The number of hydrogen-bond acceptors (Lipinski definition) is 4. The molecule has 0 radical (unpaired) electrons. The van der Waals surface area contributed by atoms with Gasteiger partial charge in [0.05, 0.1) is 5.69 Å². The molecule has 1 heterocycles. The topological polar surface area (TPSA) is 94.5 Å². The minimum absolute atomic E-state index is 0.257. The average molecular weight is 425 g/mol. The van der Waals surface area contributed by atoms with Crippen molar-refractivity contribution in [3.63, 3.8) is 0 Å². The lowest BCUT2D eigenvalue weighted by Gasteiger charge is -2.35. The minimum atomic E-state index is -0.951. The number of pyridine rings is 1. The van der Waals surface area contributed by atoms with Crippen LogP contribution in [0.4, 0.5) is 10.5 Å². The average Bonchev–Trinajstić information content (AvgIpc) is 2.83. The van der Waals surface area contributed by atoms with Gasteiger partial charge in [0.2, 0.25) is 0 Å². The van der Waals surface area contributed by atoms with Crippen molar-refractivity contribution >= 4 is 11.7 Å². The highest BCUT2D eigenvalue weighted by Gasteiger charge is 2.37. The van der Waals surface area contributed by atoms with E-state index < -0.39 is 11.6 Å². The zero-order chi connectivity index (χ0) is 22.4. The molecule has 0 bridgehead atoms. The molecule has 2 amide bonds. The largest absolute Gasteiger partial charge is 0.504 e. The van der Waals surface area contributed by atoms with Crippen LogP contribution in [0.15, 0.2) is 103 Å². The number of carbonyl (C=O) groups is 1. The molecule has 0 saturated carbocycles. The number of phenolic OH excluding ortho intramolecular Hbond substituents is 2. The second-order valence-corrected chi connectivity index (χ2v) is 7.43. The summed E-state index contributed by atoms with van der Waals surface area (Å²) in [5.41, 5.74) is 2.00. The monoisotopic (exact) mass is 425 g/mol. The maximum Gasteiger partial charge on any atom is 0.320 e. The quantitative estimate of drug-likeness (QED) is 0.264. The third kappa shape index (κ3) is 4.54. The summed E-state index contributed by atoms with van der Waals surface area (Å²) in [6.07, 6.45) is 2.18. The molecule has 0 fully saturated rings. The zero-order valence-corrected chi connectivity index (χ0v) is 17.3. The van der Waals surface area contributed by atoms with Crippen molar-refractivity contribution in [1.82, 2.24) is 10.3 Å². The molecule has 0 aliphatic heterocycles. The molecule has 1 atom stereocenters. The smallest absolute Gasteiger partial charge is 0.320 e. The van der Waals surface area contributed by atoms with Gasteiger partial charge in [-0.1, -0.05) is 66.7 Å². The Hall–Kier alpha value is -4.32. The molecule has 0 aliphatic carbocycles. The number of benzene rings is 3. The fraction of sp³-hybridized carbons (Fsp3) is 0.0769. The summed E-state index contributed by atoms with van der Waals surface area (Å²) >= 11 is 0. The molecular formula is C26H23N3O3. The maximum absolute atomic E-state index is 13.2. The Morgan fingerprint density at radius 1 is 0.812 bits per heavy atom. The van der Waals surface area contributed by atoms with Crippen molar-refractivity contribution in [1.29, 1.82) is 0 Å². The van der Waals surface area contributed by atoms with E-state index in [9.17, 15) is 15.0 Å². The molecule has 6 nitrogen and oxygen atoms in total. The molecule has 0 aliphatic rings. The van der Waals surface area contributed by atoms with Crippen molar-refractivity contribution in [2.45, 2.75) is 12.0 Å². The van der Waals surface area contributed by atoms with Crippen LogP contribution in [0.5, 0.6) is 11.5 Å². The van der Waals surface area contributed by atoms with Crippen LogP contribution in [0.25, 0.3) is 0 Å². The van der Waals surface area contributed by atoms with Crippen molar-refractivity contribution in [2.75, 3.05) is 5.32 Å². The Morgan fingerprint density at radius 3 is 2.16 bits per heavy atom. The lowest BCUT2D eigenvalue weighted by molar-refractivity contribution is 0.241. The van der Waals surface area contributed by atoms with E-state index in [1.54, 1.807) is 6.20 Å². The number of nitrogens with zero attached hydrogens (tertiary/aromatic N) is 1. The van der Waals surface area contributed by atoms with Gasteiger partial charge >= 0.3 is 6.03 Å². The van der Waals surface area contributed by atoms with Gasteiger partial charge in [0, 0.05) is 24.4 Å². The van der Waals surface area contributed by atoms with Gasteiger partial charge in [0.15, 0.2) is 11.5 Å².